The number of benzene rings is 2. The summed E-state index contributed by atoms with van der Waals surface area (Å²) in [5.74, 6) is -1.27. The predicted octanol–water partition coefficient (Wildman–Crippen LogP) is 2.61. The minimum atomic E-state index is -1.86. The number of aryl methyl sites for hydroxylation is 2. The van der Waals surface area contributed by atoms with Crippen LogP contribution in [0.2, 0.25) is 0 Å². The maximum atomic E-state index is 13.6. The number of carbonyl (C=O) groups excluding carboxylic acids is 2. The Morgan fingerprint density at radius 1 is 1.06 bits per heavy atom. The van der Waals surface area contributed by atoms with Crippen LogP contribution in [0.5, 0.6) is 5.75 Å². The van der Waals surface area contributed by atoms with Gasteiger partial charge in [0, 0.05) is 22.2 Å². The molecule has 0 aliphatic rings. The average molecular weight is 440 g/mol. The van der Waals surface area contributed by atoms with Gasteiger partial charge in [0.1, 0.15) is 5.75 Å². The molecule has 0 saturated heterocycles. The van der Waals surface area contributed by atoms with Gasteiger partial charge in [-0.15, -0.1) is 0 Å². The first-order chi connectivity index (χ1) is 14.8. The van der Waals surface area contributed by atoms with Crippen molar-refractivity contribution in [3.8, 4) is 5.75 Å². The monoisotopic (exact) mass is 440 g/mol. The van der Waals surface area contributed by atoms with Gasteiger partial charge in [0.05, 0.1) is 6.04 Å². The third-order valence-electron chi connectivity index (χ3n) is 5.59. The van der Waals surface area contributed by atoms with Crippen LogP contribution in [0.1, 0.15) is 71.5 Å². The lowest BCUT2D eigenvalue weighted by atomic mass is 9.78. The Labute approximate surface area is 190 Å². The first-order valence-corrected chi connectivity index (χ1v) is 10.7. The summed E-state index contributed by atoms with van der Waals surface area (Å²) in [5, 5.41) is 30.4. The van der Waals surface area contributed by atoms with Gasteiger partial charge in [-0.05, 0) is 50.8 Å². The Kier molecular flexibility index (Phi) is 7.75. The number of phenolic OH excluding ortho intramolecular Hbond substituents is 1. The van der Waals surface area contributed by atoms with Crippen molar-refractivity contribution in [3.63, 3.8) is 0 Å². The summed E-state index contributed by atoms with van der Waals surface area (Å²) in [4.78, 5) is 26.7. The molecular formula is C24H33BN2O5. The Morgan fingerprint density at radius 3 is 2.09 bits per heavy atom. The quantitative estimate of drug-likeness (QED) is 0.422. The van der Waals surface area contributed by atoms with Gasteiger partial charge in [0.15, 0.2) is 0 Å². The minimum Gasteiger partial charge on any atom is -0.508 e. The molecule has 0 aliphatic heterocycles. The van der Waals surface area contributed by atoms with Crippen LogP contribution >= 0.6 is 0 Å². The first-order valence-electron chi connectivity index (χ1n) is 10.7. The number of nitrogens with zero attached hydrogens (tertiary/aromatic N) is 1. The van der Waals surface area contributed by atoms with Gasteiger partial charge < -0.3 is 15.2 Å². The number of hydrazine groups is 1. The van der Waals surface area contributed by atoms with E-state index in [2.05, 4.69) is 5.43 Å². The van der Waals surface area contributed by atoms with Gasteiger partial charge in [-0.3, -0.25) is 15.0 Å². The lowest BCUT2D eigenvalue weighted by Gasteiger charge is -2.39. The van der Waals surface area contributed by atoms with Gasteiger partial charge >= 0.3 is 7.12 Å². The number of hydrogen-bond donors (Lipinski definition) is 4. The van der Waals surface area contributed by atoms with E-state index in [0.29, 0.717) is 12.0 Å². The average Bonchev–Trinajstić information content (AvgIpc) is 2.67. The van der Waals surface area contributed by atoms with Crippen LogP contribution < -0.4 is 10.9 Å². The molecule has 2 aromatic rings. The summed E-state index contributed by atoms with van der Waals surface area (Å²) in [7, 11) is -1.86. The minimum absolute atomic E-state index is 0.0941. The lowest BCUT2D eigenvalue weighted by Crippen LogP contribution is -2.56. The Morgan fingerprint density at radius 2 is 1.62 bits per heavy atom. The lowest BCUT2D eigenvalue weighted by molar-refractivity contribution is 0.0284. The van der Waals surface area contributed by atoms with Crippen molar-refractivity contribution in [2.24, 2.45) is 5.41 Å². The van der Waals surface area contributed by atoms with Gasteiger partial charge in [0.25, 0.3) is 11.8 Å². The zero-order valence-electron chi connectivity index (χ0n) is 19.9. The summed E-state index contributed by atoms with van der Waals surface area (Å²) >= 11 is 0. The van der Waals surface area contributed by atoms with Crippen molar-refractivity contribution < 1.29 is 24.7 Å². The molecular weight excluding hydrogens is 407 g/mol. The molecule has 0 bridgehead atoms. The molecule has 8 heteroatoms. The summed E-state index contributed by atoms with van der Waals surface area (Å²) < 4.78 is 0. The molecule has 0 saturated carbocycles. The molecule has 0 heterocycles. The molecule has 0 aromatic heterocycles. The number of nitrogens with one attached hydrogen (secondary N) is 1. The molecule has 2 amide bonds. The van der Waals surface area contributed by atoms with Crippen LogP contribution in [0.3, 0.4) is 0 Å². The normalized spacial score (nSPS) is 12.3. The van der Waals surface area contributed by atoms with Gasteiger partial charge in [0.2, 0.25) is 0 Å². The molecule has 32 heavy (non-hydrogen) atoms. The largest absolute Gasteiger partial charge is 0.508 e. The number of carbonyl (C=O) groups is 2. The van der Waals surface area contributed by atoms with E-state index in [0.717, 1.165) is 11.1 Å². The number of rotatable bonds is 5. The molecule has 1 atom stereocenters. The first kappa shape index (κ1) is 25.4. The fourth-order valence-electron chi connectivity index (χ4n) is 4.03. The Hall–Kier alpha value is -2.84. The smallest absolute Gasteiger partial charge is 0.492 e. The van der Waals surface area contributed by atoms with Gasteiger partial charge in [-0.25, -0.2) is 5.01 Å². The van der Waals surface area contributed by atoms with Crippen LogP contribution in [0, 0.1) is 26.2 Å². The van der Waals surface area contributed by atoms with E-state index in [1.165, 1.54) is 24.1 Å². The third kappa shape index (κ3) is 5.50. The van der Waals surface area contributed by atoms with Crippen LogP contribution in [-0.2, 0) is 0 Å². The van der Waals surface area contributed by atoms with E-state index in [1.54, 1.807) is 12.1 Å². The SMILES string of the molecule is CCC(N(NC(=O)c1ccc(B(O)O)c(O)c1C)C(=O)c1cc(C)cc(C)c1)C(C)(C)C. The van der Waals surface area contributed by atoms with Crippen molar-refractivity contribution in [1.82, 2.24) is 10.4 Å². The fourth-order valence-corrected chi connectivity index (χ4v) is 4.03. The zero-order valence-corrected chi connectivity index (χ0v) is 19.9. The maximum absolute atomic E-state index is 13.6. The number of amides is 2. The Bertz CT molecular complexity index is 994. The van der Waals surface area contributed by atoms with Crippen LogP contribution in [-0.4, -0.2) is 45.1 Å². The molecule has 4 N–H and O–H groups in total. The van der Waals surface area contributed by atoms with E-state index in [4.69, 9.17) is 0 Å². The molecule has 2 rings (SSSR count). The van der Waals surface area contributed by atoms with E-state index < -0.39 is 13.0 Å². The number of phenols is 1. The fraction of sp³-hybridized carbons (Fsp3) is 0.417. The van der Waals surface area contributed by atoms with Crippen molar-refractivity contribution in [3.05, 3.63) is 58.1 Å². The molecule has 0 fully saturated rings. The second kappa shape index (κ2) is 9.75. The van der Waals surface area contributed by atoms with E-state index in [1.807, 2.05) is 47.6 Å². The van der Waals surface area contributed by atoms with Crippen molar-refractivity contribution >= 4 is 24.4 Å². The highest BCUT2D eigenvalue weighted by Gasteiger charge is 2.35. The van der Waals surface area contributed by atoms with Gasteiger partial charge in [-0.1, -0.05) is 51.0 Å². The Balaban J connectivity index is 2.50. The van der Waals surface area contributed by atoms with Crippen LogP contribution in [0.4, 0.5) is 0 Å². The highest BCUT2D eigenvalue weighted by atomic mass is 16.4. The molecule has 2 aromatic carbocycles. The number of hydrogen-bond acceptors (Lipinski definition) is 5. The topological polar surface area (TPSA) is 110 Å². The molecule has 0 radical (unpaired) electrons. The van der Waals surface area contributed by atoms with Crippen LogP contribution in [0.25, 0.3) is 0 Å². The molecule has 172 valence electrons. The zero-order chi connectivity index (χ0) is 24.4. The molecule has 1 unspecified atom stereocenters. The highest BCUT2D eigenvalue weighted by Crippen LogP contribution is 2.28. The van der Waals surface area contributed by atoms with Crippen molar-refractivity contribution in [2.75, 3.05) is 0 Å². The summed E-state index contributed by atoms with van der Waals surface area (Å²) in [6, 6.07) is 7.93. The molecule has 0 spiro atoms. The van der Waals surface area contributed by atoms with E-state index in [-0.39, 0.29) is 39.7 Å². The molecule has 7 nitrogen and oxygen atoms in total. The standard InChI is InChI=1S/C24H33BN2O5/c1-8-20(24(5,6)7)27(23(30)17-12-14(2)11-15(3)13-17)26-22(29)18-9-10-19(25(31)32)21(28)16(18)4/h9-13,20,28,31-32H,8H2,1-7H3,(H,26,29). The third-order valence-corrected chi connectivity index (χ3v) is 5.59. The second-order valence-corrected chi connectivity index (χ2v) is 9.33. The second-order valence-electron chi connectivity index (χ2n) is 9.33. The van der Waals surface area contributed by atoms with E-state index >= 15 is 0 Å². The van der Waals surface area contributed by atoms with E-state index in [9.17, 15) is 24.7 Å². The summed E-state index contributed by atoms with van der Waals surface area (Å²) in [6.45, 7) is 13.3. The summed E-state index contributed by atoms with van der Waals surface area (Å²) in [6.07, 6.45) is 0.611. The van der Waals surface area contributed by atoms with Crippen LogP contribution in [0.15, 0.2) is 30.3 Å². The highest BCUT2D eigenvalue weighted by molar-refractivity contribution is 6.59. The number of aromatic hydroxyl groups is 1. The molecule has 0 aliphatic carbocycles. The maximum Gasteiger partial charge on any atom is 0.492 e. The van der Waals surface area contributed by atoms with Gasteiger partial charge in [-0.2, -0.15) is 0 Å². The predicted molar refractivity (Wildman–Crippen MR) is 126 cm³/mol. The summed E-state index contributed by atoms with van der Waals surface area (Å²) in [5.41, 5.74) is 5.03. The van der Waals surface area contributed by atoms with Crippen molar-refractivity contribution in [1.29, 1.82) is 0 Å². The van der Waals surface area contributed by atoms with Crippen molar-refractivity contribution in [2.45, 2.75) is 60.9 Å².